The number of aromatic amines is 1. The van der Waals surface area contributed by atoms with E-state index < -0.39 is 0 Å². The molecule has 10 heteroatoms. The Labute approximate surface area is 172 Å². The zero-order valence-corrected chi connectivity index (χ0v) is 16.6. The summed E-state index contributed by atoms with van der Waals surface area (Å²) in [7, 11) is 1.64. The molecule has 28 heavy (non-hydrogen) atoms. The number of rotatable bonds is 6. The molecule has 0 unspecified atom stereocenters. The fraction of sp³-hybridized carbons (Fsp3) is 0.167. The van der Waals surface area contributed by atoms with Crippen molar-refractivity contribution in [2.75, 3.05) is 17.7 Å². The molecule has 0 aliphatic rings. The van der Waals surface area contributed by atoms with E-state index >= 15 is 0 Å². The van der Waals surface area contributed by atoms with Gasteiger partial charge in [0.1, 0.15) is 5.75 Å². The molecule has 3 N–H and O–H groups in total. The summed E-state index contributed by atoms with van der Waals surface area (Å²) in [5.41, 5.74) is 2.54. The van der Waals surface area contributed by atoms with E-state index in [1.807, 2.05) is 43.3 Å². The number of halogens is 2. The first-order valence-electron chi connectivity index (χ1n) is 8.26. The van der Waals surface area contributed by atoms with Gasteiger partial charge in [-0.05, 0) is 36.8 Å². The third-order valence-corrected chi connectivity index (χ3v) is 4.57. The second-order valence-electron chi connectivity index (χ2n) is 5.94. The van der Waals surface area contributed by atoms with Crippen molar-refractivity contribution < 1.29 is 9.15 Å². The van der Waals surface area contributed by atoms with Crippen molar-refractivity contribution in [3.8, 4) is 5.75 Å². The van der Waals surface area contributed by atoms with Crippen molar-refractivity contribution in [1.29, 1.82) is 0 Å². The summed E-state index contributed by atoms with van der Waals surface area (Å²) in [5, 5.41) is 22.4. The van der Waals surface area contributed by atoms with E-state index in [0.29, 0.717) is 16.7 Å². The molecule has 2 heterocycles. The van der Waals surface area contributed by atoms with Crippen LogP contribution in [0.2, 0.25) is 5.02 Å². The highest BCUT2D eigenvalue weighted by Crippen LogP contribution is 2.32. The largest absolute Gasteiger partial charge is 0.497 e. The lowest BCUT2D eigenvalue weighted by molar-refractivity contribution is 0.414. The van der Waals surface area contributed by atoms with Gasteiger partial charge in [0.15, 0.2) is 0 Å². The summed E-state index contributed by atoms with van der Waals surface area (Å²) in [6.07, 6.45) is 1.67. The molecule has 2 aromatic heterocycles. The van der Waals surface area contributed by atoms with Crippen LogP contribution in [0.5, 0.6) is 5.75 Å². The molecule has 0 radical (unpaired) electrons. The van der Waals surface area contributed by atoms with Crippen molar-refractivity contribution >= 4 is 52.6 Å². The number of methoxy groups -OCH3 is 1. The normalized spacial score (nSPS) is 11.7. The third-order valence-electron chi connectivity index (χ3n) is 4.16. The highest BCUT2D eigenvalue weighted by Gasteiger charge is 2.13. The molecule has 8 nitrogen and oxygen atoms in total. The second-order valence-corrected chi connectivity index (χ2v) is 6.32. The van der Waals surface area contributed by atoms with Crippen LogP contribution < -0.4 is 15.4 Å². The topological polar surface area (TPSA) is 101 Å². The number of ether oxygens (including phenoxy) is 1. The van der Waals surface area contributed by atoms with Gasteiger partial charge in [-0.2, -0.15) is 5.10 Å². The minimum absolute atomic E-state index is 0. The molecule has 0 saturated heterocycles. The molecule has 0 amide bonds. The van der Waals surface area contributed by atoms with Crippen LogP contribution in [0.3, 0.4) is 0 Å². The average molecular weight is 421 g/mol. The Morgan fingerprint density at radius 3 is 2.82 bits per heavy atom. The molecule has 0 bridgehead atoms. The van der Waals surface area contributed by atoms with E-state index in [1.54, 1.807) is 13.3 Å². The first-order chi connectivity index (χ1) is 13.1. The van der Waals surface area contributed by atoms with Crippen LogP contribution in [0.25, 0.3) is 10.9 Å². The Bertz CT molecular complexity index is 1080. The molecule has 0 fully saturated rings. The first kappa shape index (κ1) is 19.8. The highest BCUT2D eigenvalue weighted by molar-refractivity contribution is 6.38. The van der Waals surface area contributed by atoms with Crippen molar-refractivity contribution in [2.45, 2.75) is 13.0 Å². The van der Waals surface area contributed by atoms with Crippen molar-refractivity contribution in [2.24, 2.45) is 0 Å². The Hall–Kier alpha value is -2.97. The SMILES string of the molecule is COc1cccc([C@@H](C)Nc2nnc(Nc3ccc4[nH]ncc4c3Cl)o2)c1.Cl. The molecule has 0 saturated carbocycles. The van der Waals surface area contributed by atoms with Crippen molar-refractivity contribution in [3.63, 3.8) is 0 Å². The second kappa shape index (κ2) is 8.37. The van der Waals surface area contributed by atoms with Crippen molar-refractivity contribution in [3.05, 3.63) is 53.2 Å². The van der Waals surface area contributed by atoms with E-state index in [4.69, 9.17) is 20.8 Å². The van der Waals surface area contributed by atoms with Gasteiger partial charge in [-0.15, -0.1) is 12.4 Å². The van der Waals surface area contributed by atoms with E-state index in [0.717, 1.165) is 22.2 Å². The van der Waals surface area contributed by atoms with Crippen molar-refractivity contribution in [1.82, 2.24) is 20.4 Å². The molecule has 2 aromatic carbocycles. The molecule has 0 aliphatic carbocycles. The van der Waals surface area contributed by atoms with Crippen LogP contribution >= 0.6 is 24.0 Å². The lowest BCUT2D eigenvalue weighted by Gasteiger charge is -2.13. The van der Waals surface area contributed by atoms with Gasteiger partial charge in [-0.25, -0.2) is 0 Å². The molecular formula is C18H18Cl2N6O2. The smallest absolute Gasteiger partial charge is 0.321 e. The van der Waals surface area contributed by atoms with Gasteiger partial charge >= 0.3 is 12.0 Å². The van der Waals surface area contributed by atoms with E-state index in [1.165, 1.54) is 0 Å². The molecule has 146 valence electrons. The van der Waals surface area contributed by atoms with E-state index in [9.17, 15) is 0 Å². The summed E-state index contributed by atoms with van der Waals surface area (Å²) >= 11 is 6.39. The van der Waals surface area contributed by atoms with Gasteiger partial charge in [-0.1, -0.05) is 33.9 Å². The highest BCUT2D eigenvalue weighted by atomic mass is 35.5. The predicted molar refractivity (Wildman–Crippen MR) is 111 cm³/mol. The predicted octanol–water partition coefficient (Wildman–Crippen LogP) is 4.95. The molecule has 0 spiro atoms. The standard InChI is InChI=1S/C18H17ClN6O2.ClH/c1-10(11-4-3-5-12(8-11)26-2)21-17-24-25-18(27-17)22-15-7-6-14-13(16(15)19)9-20-23-14;/h3-10H,1-2H3,(H,20,23)(H,21,24)(H,22,25);1H/t10-;/m1./s1. The van der Waals surface area contributed by atoms with E-state index in [2.05, 4.69) is 31.0 Å². The van der Waals surface area contributed by atoms with Gasteiger partial charge in [0, 0.05) is 5.39 Å². The summed E-state index contributed by atoms with van der Waals surface area (Å²) in [5.74, 6) is 0.790. The van der Waals surface area contributed by atoms with Crippen LogP contribution in [0.4, 0.5) is 17.7 Å². The minimum atomic E-state index is -0.0423. The number of aromatic nitrogens is 4. The summed E-state index contributed by atoms with van der Waals surface area (Å²) < 4.78 is 10.9. The minimum Gasteiger partial charge on any atom is -0.497 e. The van der Waals surface area contributed by atoms with Gasteiger partial charge < -0.3 is 19.8 Å². The first-order valence-corrected chi connectivity index (χ1v) is 8.64. The zero-order chi connectivity index (χ0) is 18.8. The maximum absolute atomic E-state index is 6.39. The molecule has 4 aromatic rings. The number of anilines is 3. The summed E-state index contributed by atoms with van der Waals surface area (Å²) in [6.45, 7) is 2.00. The maximum atomic E-state index is 6.39. The maximum Gasteiger partial charge on any atom is 0.321 e. The number of H-pyrrole nitrogens is 1. The Kier molecular flexibility index (Phi) is 5.91. The monoisotopic (exact) mass is 420 g/mol. The number of benzene rings is 2. The fourth-order valence-electron chi connectivity index (χ4n) is 2.71. The number of nitrogens with zero attached hydrogens (tertiary/aromatic N) is 3. The van der Waals surface area contributed by atoms with Gasteiger partial charge in [0.25, 0.3) is 0 Å². The Morgan fingerprint density at radius 1 is 1.18 bits per heavy atom. The van der Waals surface area contributed by atoms with E-state index in [-0.39, 0.29) is 24.5 Å². The lowest BCUT2D eigenvalue weighted by Crippen LogP contribution is -2.06. The third kappa shape index (κ3) is 3.97. The number of hydrogen-bond donors (Lipinski definition) is 3. The summed E-state index contributed by atoms with van der Waals surface area (Å²) in [6, 6.07) is 12.0. The zero-order valence-electron chi connectivity index (χ0n) is 15.1. The molecular weight excluding hydrogens is 403 g/mol. The van der Waals surface area contributed by atoms with Crippen LogP contribution in [0.1, 0.15) is 18.5 Å². The van der Waals surface area contributed by atoms with Crippen LogP contribution in [0.15, 0.2) is 47.0 Å². The van der Waals surface area contributed by atoms with Gasteiger partial charge in [0.05, 0.1) is 35.6 Å². The molecule has 1 atom stereocenters. The Morgan fingerprint density at radius 2 is 2.00 bits per heavy atom. The van der Waals surface area contributed by atoms with Crippen LogP contribution in [-0.4, -0.2) is 27.5 Å². The molecule has 4 rings (SSSR count). The lowest BCUT2D eigenvalue weighted by atomic mass is 10.1. The number of nitrogens with one attached hydrogen (secondary N) is 3. The Balaban J connectivity index is 0.00000225. The van der Waals surface area contributed by atoms with Crippen LogP contribution in [-0.2, 0) is 0 Å². The number of hydrogen-bond acceptors (Lipinski definition) is 7. The fourth-order valence-corrected chi connectivity index (χ4v) is 2.97. The molecule has 0 aliphatic heterocycles. The summed E-state index contributed by atoms with van der Waals surface area (Å²) in [4.78, 5) is 0. The van der Waals surface area contributed by atoms with Gasteiger partial charge in [0.2, 0.25) is 0 Å². The van der Waals surface area contributed by atoms with Gasteiger partial charge in [-0.3, -0.25) is 5.10 Å². The average Bonchev–Trinajstić information content (AvgIpc) is 3.34. The number of fused-ring (bicyclic) bond motifs is 1. The quantitative estimate of drug-likeness (QED) is 0.405. The van der Waals surface area contributed by atoms with Crippen LogP contribution in [0, 0.1) is 0 Å².